The Morgan fingerprint density at radius 3 is 2.41 bits per heavy atom. The molecule has 116 valence electrons. The van der Waals surface area contributed by atoms with Crippen molar-refractivity contribution in [3.8, 4) is 11.5 Å². The zero-order valence-corrected chi connectivity index (χ0v) is 13.0. The van der Waals surface area contributed by atoms with Crippen LogP contribution >= 0.6 is 0 Å². The maximum atomic E-state index is 11.5. The first-order valence-electron chi connectivity index (χ1n) is 7.10. The minimum atomic E-state index is -0.994. The molecule has 0 aliphatic rings. The topological polar surface area (TPSA) is 55.8 Å². The number of aryl methyl sites for hydroxylation is 1. The molecule has 0 fully saturated rings. The molecule has 0 bridgehead atoms. The van der Waals surface area contributed by atoms with Crippen LogP contribution in [-0.2, 0) is 11.2 Å². The largest absolute Gasteiger partial charge is 0.493 e. The zero-order chi connectivity index (χ0) is 16.1. The van der Waals surface area contributed by atoms with Crippen molar-refractivity contribution >= 4 is 5.97 Å². The van der Waals surface area contributed by atoms with Crippen molar-refractivity contribution < 1.29 is 19.4 Å². The number of hydrogen-bond donors (Lipinski definition) is 1. The summed E-state index contributed by atoms with van der Waals surface area (Å²) >= 11 is 0. The Bertz CT molecular complexity index is 664. The van der Waals surface area contributed by atoms with Gasteiger partial charge in [-0.15, -0.1) is 0 Å². The van der Waals surface area contributed by atoms with Gasteiger partial charge in [-0.05, 0) is 42.7 Å². The highest BCUT2D eigenvalue weighted by Crippen LogP contribution is 2.28. The lowest BCUT2D eigenvalue weighted by atomic mass is 9.98. The lowest BCUT2D eigenvalue weighted by Gasteiger charge is -2.18. The molecule has 0 saturated heterocycles. The molecule has 0 radical (unpaired) electrons. The predicted molar refractivity (Wildman–Crippen MR) is 84.7 cm³/mol. The summed E-state index contributed by atoms with van der Waals surface area (Å²) in [6.45, 7) is 4.00. The number of carbonyl (C=O) groups is 1. The van der Waals surface area contributed by atoms with Gasteiger partial charge in [-0.3, -0.25) is 0 Å². The first-order chi connectivity index (χ1) is 10.5. The molecule has 0 saturated carbocycles. The van der Waals surface area contributed by atoms with Gasteiger partial charge < -0.3 is 14.6 Å². The summed E-state index contributed by atoms with van der Waals surface area (Å²) in [5, 5.41) is 9.45. The van der Waals surface area contributed by atoms with Gasteiger partial charge in [0.05, 0.1) is 7.11 Å². The van der Waals surface area contributed by atoms with E-state index in [0.29, 0.717) is 17.9 Å². The number of ether oxygens (including phenoxy) is 2. The summed E-state index contributed by atoms with van der Waals surface area (Å²) in [7, 11) is 1.53. The molecule has 2 aromatic rings. The molecule has 1 atom stereocenters. The van der Waals surface area contributed by atoms with Crippen LogP contribution in [0.2, 0.25) is 0 Å². The highest BCUT2D eigenvalue weighted by atomic mass is 16.5. The first kappa shape index (κ1) is 15.9. The average molecular weight is 300 g/mol. The van der Waals surface area contributed by atoms with Crippen LogP contribution < -0.4 is 9.47 Å². The van der Waals surface area contributed by atoms with Gasteiger partial charge in [-0.1, -0.05) is 30.3 Å². The van der Waals surface area contributed by atoms with E-state index in [1.165, 1.54) is 7.11 Å². The molecule has 0 amide bonds. The Labute approximate surface area is 130 Å². The average Bonchev–Trinajstić information content (AvgIpc) is 2.51. The molecule has 2 aromatic carbocycles. The van der Waals surface area contributed by atoms with Gasteiger partial charge in [0.25, 0.3) is 0 Å². The van der Waals surface area contributed by atoms with Gasteiger partial charge in [0.1, 0.15) is 0 Å². The van der Waals surface area contributed by atoms with E-state index >= 15 is 0 Å². The fraction of sp³-hybridized carbons (Fsp3) is 0.278. The van der Waals surface area contributed by atoms with E-state index in [2.05, 4.69) is 0 Å². The van der Waals surface area contributed by atoms with Crippen LogP contribution in [0, 0.1) is 13.8 Å². The number of rotatable bonds is 6. The van der Waals surface area contributed by atoms with Crippen molar-refractivity contribution in [2.24, 2.45) is 0 Å². The quantitative estimate of drug-likeness (QED) is 0.888. The third-order valence-electron chi connectivity index (χ3n) is 3.74. The van der Waals surface area contributed by atoms with Gasteiger partial charge in [-0.25, -0.2) is 4.79 Å². The van der Waals surface area contributed by atoms with Gasteiger partial charge >= 0.3 is 5.97 Å². The smallest absolute Gasteiger partial charge is 0.345 e. The summed E-state index contributed by atoms with van der Waals surface area (Å²) in [5.74, 6) is -0.0377. The Morgan fingerprint density at radius 1 is 1.09 bits per heavy atom. The van der Waals surface area contributed by atoms with E-state index in [-0.39, 0.29) is 0 Å². The van der Waals surface area contributed by atoms with E-state index in [4.69, 9.17) is 9.47 Å². The zero-order valence-electron chi connectivity index (χ0n) is 13.0. The third-order valence-corrected chi connectivity index (χ3v) is 3.74. The number of aliphatic carboxylic acids is 1. The second-order valence-corrected chi connectivity index (χ2v) is 5.16. The van der Waals surface area contributed by atoms with Gasteiger partial charge in [0.15, 0.2) is 17.6 Å². The molecule has 4 nitrogen and oxygen atoms in total. The van der Waals surface area contributed by atoms with Crippen molar-refractivity contribution in [1.29, 1.82) is 0 Å². The summed E-state index contributed by atoms with van der Waals surface area (Å²) in [5.41, 5.74) is 3.21. The summed E-state index contributed by atoms with van der Waals surface area (Å²) in [4.78, 5) is 11.5. The molecule has 0 aliphatic carbocycles. The van der Waals surface area contributed by atoms with E-state index in [1.54, 1.807) is 18.2 Å². The second-order valence-electron chi connectivity index (χ2n) is 5.16. The molecule has 4 heteroatoms. The van der Waals surface area contributed by atoms with Gasteiger partial charge in [0.2, 0.25) is 0 Å². The maximum Gasteiger partial charge on any atom is 0.345 e. The van der Waals surface area contributed by atoms with Crippen LogP contribution in [-0.4, -0.2) is 24.3 Å². The van der Waals surface area contributed by atoms with E-state index in [0.717, 1.165) is 16.7 Å². The number of carboxylic acid groups (broad SMARTS) is 1. The summed E-state index contributed by atoms with van der Waals surface area (Å²) in [6.07, 6.45) is -0.655. The van der Waals surface area contributed by atoms with Crippen molar-refractivity contribution in [2.45, 2.75) is 26.4 Å². The first-order valence-corrected chi connectivity index (χ1v) is 7.10. The number of hydrogen-bond acceptors (Lipinski definition) is 3. The molecular formula is C18H20O4. The molecule has 0 aliphatic heterocycles. The Hall–Kier alpha value is -2.49. The van der Waals surface area contributed by atoms with Crippen LogP contribution in [0.25, 0.3) is 0 Å². The van der Waals surface area contributed by atoms with E-state index in [1.807, 2.05) is 38.1 Å². The van der Waals surface area contributed by atoms with Crippen LogP contribution in [0.5, 0.6) is 11.5 Å². The molecule has 0 unspecified atom stereocenters. The van der Waals surface area contributed by atoms with Crippen LogP contribution in [0.15, 0.2) is 42.5 Å². The van der Waals surface area contributed by atoms with Crippen molar-refractivity contribution in [3.63, 3.8) is 0 Å². The molecular weight excluding hydrogens is 280 g/mol. The molecule has 0 spiro atoms. The fourth-order valence-corrected chi connectivity index (χ4v) is 2.28. The minimum Gasteiger partial charge on any atom is -0.493 e. The van der Waals surface area contributed by atoms with Gasteiger partial charge in [0, 0.05) is 6.42 Å². The monoisotopic (exact) mass is 300 g/mol. The molecule has 2 rings (SSSR count). The predicted octanol–water partition coefficient (Wildman–Crippen LogP) is 3.39. The second kappa shape index (κ2) is 6.98. The number of benzene rings is 2. The van der Waals surface area contributed by atoms with E-state index in [9.17, 15) is 9.90 Å². The third kappa shape index (κ3) is 3.58. The van der Waals surface area contributed by atoms with Crippen LogP contribution in [0.1, 0.15) is 16.7 Å². The fourth-order valence-electron chi connectivity index (χ4n) is 2.28. The minimum absolute atomic E-state index is 0.306. The number of methoxy groups -OCH3 is 1. The van der Waals surface area contributed by atoms with E-state index < -0.39 is 12.1 Å². The molecule has 0 heterocycles. The van der Waals surface area contributed by atoms with Crippen LogP contribution in [0.4, 0.5) is 0 Å². The van der Waals surface area contributed by atoms with Crippen LogP contribution in [0.3, 0.4) is 0 Å². The SMILES string of the molecule is COc1ccccc1O[C@H](Cc1cccc(C)c1C)C(=O)O. The van der Waals surface area contributed by atoms with Crippen molar-refractivity contribution in [1.82, 2.24) is 0 Å². The van der Waals surface area contributed by atoms with Crippen molar-refractivity contribution in [3.05, 3.63) is 59.2 Å². The maximum absolute atomic E-state index is 11.5. The number of para-hydroxylation sites is 2. The molecule has 22 heavy (non-hydrogen) atoms. The van der Waals surface area contributed by atoms with Crippen molar-refractivity contribution in [2.75, 3.05) is 7.11 Å². The summed E-state index contributed by atoms with van der Waals surface area (Å²) in [6, 6.07) is 12.9. The Balaban J connectivity index is 2.24. The summed E-state index contributed by atoms with van der Waals surface area (Å²) < 4.78 is 10.9. The lowest BCUT2D eigenvalue weighted by Crippen LogP contribution is -2.29. The Morgan fingerprint density at radius 2 is 1.77 bits per heavy atom. The number of carboxylic acids is 1. The highest BCUT2D eigenvalue weighted by Gasteiger charge is 2.22. The normalized spacial score (nSPS) is 11.8. The Kier molecular flexibility index (Phi) is 5.04. The molecule has 0 aromatic heterocycles. The van der Waals surface area contributed by atoms with Gasteiger partial charge in [-0.2, -0.15) is 0 Å². The molecule has 1 N–H and O–H groups in total. The standard InChI is InChI=1S/C18H20O4/c1-12-7-6-8-14(13(12)2)11-17(18(19)20)22-16-10-5-4-9-15(16)21-3/h4-10,17H,11H2,1-3H3,(H,19,20)/t17-/m1/s1. The highest BCUT2D eigenvalue weighted by molar-refractivity contribution is 5.73. The lowest BCUT2D eigenvalue weighted by molar-refractivity contribution is -0.145.